The van der Waals surface area contributed by atoms with E-state index in [0.717, 1.165) is 18.2 Å². The first kappa shape index (κ1) is 15.0. The van der Waals surface area contributed by atoms with Crippen molar-refractivity contribution in [3.05, 3.63) is 33.9 Å². The van der Waals surface area contributed by atoms with E-state index in [2.05, 4.69) is 5.43 Å². The largest absolute Gasteiger partial charge is 0.411 e. The number of nitrogens with zero attached hydrogens (tertiary/aromatic N) is 1. The van der Waals surface area contributed by atoms with Gasteiger partial charge in [0.05, 0.1) is 4.92 Å². The van der Waals surface area contributed by atoms with Crippen molar-refractivity contribution in [3.63, 3.8) is 0 Å². The van der Waals surface area contributed by atoms with Crippen LogP contribution in [0.25, 0.3) is 0 Å². The average Bonchev–Trinajstić information content (AvgIpc) is 3.18. The first-order valence-electron chi connectivity index (χ1n) is 5.84. The molecule has 1 aliphatic carbocycles. The average molecular weight is 304 g/mol. The molecule has 21 heavy (non-hydrogen) atoms. The zero-order valence-corrected chi connectivity index (χ0v) is 10.5. The van der Waals surface area contributed by atoms with E-state index in [1.807, 2.05) is 5.32 Å². The zero-order valence-electron chi connectivity index (χ0n) is 10.5. The van der Waals surface area contributed by atoms with Crippen LogP contribution in [0.2, 0.25) is 0 Å². The van der Waals surface area contributed by atoms with E-state index in [0.29, 0.717) is 0 Å². The highest BCUT2D eigenvalue weighted by Crippen LogP contribution is 2.49. The standard InChI is InChI=1S/C11H11F3N4O3/c12-11(13,14)10(3-4-10)16-9(19)6-1-2-7(17-15)8(5-6)18(20)21/h1-2,5,17H,3-4,15H2,(H,16,19). The lowest BCUT2D eigenvalue weighted by Gasteiger charge is -2.20. The Morgan fingerprint density at radius 2 is 2.00 bits per heavy atom. The number of nitrogen functional groups attached to an aromatic ring is 1. The summed E-state index contributed by atoms with van der Waals surface area (Å²) < 4.78 is 38.2. The van der Waals surface area contributed by atoms with Gasteiger partial charge in [-0.15, -0.1) is 0 Å². The van der Waals surface area contributed by atoms with Crippen LogP contribution in [0.15, 0.2) is 18.2 Å². The van der Waals surface area contributed by atoms with Crippen LogP contribution in [0, 0.1) is 10.1 Å². The minimum atomic E-state index is -4.55. The van der Waals surface area contributed by atoms with E-state index < -0.39 is 28.2 Å². The molecule has 0 spiro atoms. The minimum absolute atomic E-state index is 0.0477. The Bertz CT molecular complexity index is 599. The number of halogens is 3. The van der Waals surface area contributed by atoms with Crippen LogP contribution in [0.4, 0.5) is 24.5 Å². The predicted molar refractivity (Wildman–Crippen MR) is 66.4 cm³/mol. The van der Waals surface area contributed by atoms with E-state index in [1.165, 1.54) is 0 Å². The molecule has 0 heterocycles. The monoisotopic (exact) mass is 304 g/mol. The van der Waals surface area contributed by atoms with Gasteiger partial charge >= 0.3 is 6.18 Å². The Hall–Kier alpha value is -2.36. The number of nitrogens with two attached hydrogens (primary N) is 1. The molecule has 10 heteroatoms. The van der Waals surface area contributed by atoms with Crippen molar-refractivity contribution in [2.24, 2.45) is 5.84 Å². The molecule has 1 aromatic carbocycles. The van der Waals surface area contributed by atoms with Gasteiger partial charge in [-0.25, -0.2) is 0 Å². The lowest BCUT2D eigenvalue weighted by molar-refractivity contribution is -0.384. The third-order valence-corrected chi connectivity index (χ3v) is 3.26. The van der Waals surface area contributed by atoms with E-state index in [9.17, 15) is 28.1 Å². The summed E-state index contributed by atoms with van der Waals surface area (Å²) in [5.74, 6) is 4.06. The van der Waals surface area contributed by atoms with Gasteiger partial charge in [-0.3, -0.25) is 20.8 Å². The topological polar surface area (TPSA) is 110 Å². The number of hydrogen-bond donors (Lipinski definition) is 3. The second-order valence-electron chi connectivity index (χ2n) is 4.67. The van der Waals surface area contributed by atoms with Gasteiger partial charge in [0.25, 0.3) is 11.6 Å². The summed E-state index contributed by atoms with van der Waals surface area (Å²) in [6, 6.07) is 3.18. The van der Waals surface area contributed by atoms with Crippen molar-refractivity contribution >= 4 is 17.3 Å². The number of nitro benzene ring substituents is 1. The maximum atomic E-state index is 12.7. The third kappa shape index (κ3) is 2.75. The first-order chi connectivity index (χ1) is 9.70. The number of nitrogens with one attached hydrogen (secondary N) is 2. The number of benzene rings is 1. The highest BCUT2D eigenvalue weighted by molar-refractivity contribution is 5.96. The van der Waals surface area contributed by atoms with Crippen molar-refractivity contribution in [2.75, 3.05) is 5.43 Å². The van der Waals surface area contributed by atoms with E-state index in [4.69, 9.17) is 5.84 Å². The molecule has 1 aliphatic rings. The third-order valence-electron chi connectivity index (χ3n) is 3.26. The smallest absolute Gasteiger partial charge is 0.338 e. The van der Waals surface area contributed by atoms with Crippen molar-refractivity contribution in [1.29, 1.82) is 0 Å². The van der Waals surface area contributed by atoms with Crippen molar-refractivity contribution < 1.29 is 22.9 Å². The van der Waals surface area contributed by atoms with Crippen LogP contribution in [0.5, 0.6) is 0 Å². The molecule has 0 radical (unpaired) electrons. The summed E-state index contributed by atoms with van der Waals surface area (Å²) in [5, 5.41) is 12.7. The van der Waals surface area contributed by atoms with Gasteiger partial charge < -0.3 is 10.7 Å². The van der Waals surface area contributed by atoms with Crippen LogP contribution >= 0.6 is 0 Å². The number of carbonyl (C=O) groups excluding carboxylic acids is 1. The fraction of sp³-hybridized carbons (Fsp3) is 0.364. The molecule has 4 N–H and O–H groups in total. The number of hydrogen-bond acceptors (Lipinski definition) is 5. The van der Waals surface area contributed by atoms with E-state index in [-0.39, 0.29) is 24.1 Å². The van der Waals surface area contributed by atoms with Gasteiger partial charge in [0.2, 0.25) is 0 Å². The molecule has 7 nitrogen and oxygen atoms in total. The summed E-state index contributed by atoms with van der Waals surface area (Å²) in [6.45, 7) is 0. The van der Waals surface area contributed by atoms with Crippen molar-refractivity contribution in [2.45, 2.75) is 24.6 Å². The van der Waals surface area contributed by atoms with Crippen LogP contribution in [0.3, 0.4) is 0 Å². The van der Waals surface area contributed by atoms with Gasteiger partial charge in [0.1, 0.15) is 11.2 Å². The molecule has 2 rings (SSSR count). The fourth-order valence-electron chi connectivity index (χ4n) is 1.84. The van der Waals surface area contributed by atoms with Crippen LogP contribution in [-0.2, 0) is 0 Å². The summed E-state index contributed by atoms with van der Waals surface area (Å²) in [6.07, 6.45) is -4.95. The number of anilines is 1. The molecule has 1 amide bonds. The Labute approximate surface area is 116 Å². The molecule has 0 aliphatic heterocycles. The molecular weight excluding hydrogens is 293 g/mol. The maximum Gasteiger partial charge on any atom is 0.411 e. The maximum absolute atomic E-state index is 12.7. The predicted octanol–water partition coefficient (Wildman–Crippen LogP) is 1.71. The summed E-state index contributed by atoms with van der Waals surface area (Å²) in [5.41, 5.74) is -0.929. The molecule has 1 aromatic rings. The number of carbonyl (C=O) groups is 1. The van der Waals surface area contributed by atoms with Gasteiger partial charge in [-0.1, -0.05) is 0 Å². The number of nitro groups is 1. The molecule has 0 atom stereocenters. The Morgan fingerprint density at radius 1 is 1.38 bits per heavy atom. The molecule has 0 unspecified atom stereocenters. The quantitative estimate of drug-likeness (QED) is 0.445. The highest BCUT2D eigenvalue weighted by Gasteiger charge is 2.64. The fourth-order valence-corrected chi connectivity index (χ4v) is 1.84. The molecule has 1 saturated carbocycles. The zero-order chi connectivity index (χ0) is 15.8. The Balaban J connectivity index is 2.25. The van der Waals surface area contributed by atoms with Gasteiger partial charge in [0, 0.05) is 11.6 Å². The van der Waals surface area contributed by atoms with Crippen LogP contribution < -0.4 is 16.6 Å². The molecule has 114 valence electrons. The minimum Gasteiger partial charge on any atom is -0.338 e. The lowest BCUT2D eigenvalue weighted by Crippen LogP contribution is -2.47. The van der Waals surface area contributed by atoms with Gasteiger partial charge in [-0.2, -0.15) is 13.2 Å². The SMILES string of the molecule is NNc1ccc(C(=O)NC2(C(F)(F)F)CC2)cc1[N+](=O)[O-]. The van der Waals surface area contributed by atoms with Crippen molar-refractivity contribution in [1.82, 2.24) is 5.32 Å². The summed E-state index contributed by atoms with van der Waals surface area (Å²) in [4.78, 5) is 21.9. The van der Waals surface area contributed by atoms with Crippen LogP contribution in [-0.4, -0.2) is 22.5 Å². The summed E-state index contributed by atoms with van der Waals surface area (Å²) >= 11 is 0. The van der Waals surface area contributed by atoms with Gasteiger partial charge in [-0.05, 0) is 25.0 Å². The second-order valence-corrected chi connectivity index (χ2v) is 4.67. The van der Waals surface area contributed by atoms with E-state index >= 15 is 0 Å². The Morgan fingerprint density at radius 3 is 2.43 bits per heavy atom. The normalized spacial score (nSPS) is 16.2. The van der Waals surface area contributed by atoms with E-state index in [1.54, 1.807) is 0 Å². The number of hydrazine groups is 1. The molecule has 1 fully saturated rings. The molecule has 0 saturated heterocycles. The van der Waals surface area contributed by atoms with Crippen LogP contribution in [0.1, 0.15) is 23.2 Å². The van der Waals surface area contributed by atoms with Crippen molar-refractivity contribution in [3.8, 4) is 0 Å². The van der Waals surface area contributed by atoms with Gasteiger partial charge in [0.15, 0.2) is 0 Å². The molecular formula is C11H11F3N4O3. The molecule has 0 bridgehead atoms. The Kier molecular flexibility index (Phi) is 3.49. The number of amides is 1. The second kappa shape index (κ2) is 4.88. The highest BCUT2D eigenvalue weighted by atomic mass is 19.4. The molecule has 0 aromatic heterocycles. The number of rotatable bonds is 4. The first-order valence-corrected chi connectivity index (χ1v) is 5.84. The lowest BCUT2D eigenvalue weighted by atomic mass is 10.1. The number of alkyl halides is 3. The summed E-state index contributed by atoms with van der Waals surface area (Å²) in [7, 11) is 0.